The summed E-state index contributed by atoms with van der Waals surface area (Å²) in [5.41, 5.74) is 0. The molecule has 1 rings (SSSR count). The zero-order chi connectivity index (χ0) is 8.81. The predicted molar refractivity (Wildman–Crippen MR) is 53.2 cm³/mol. The maximum absolute atomic E-state index is 8.68. The van der Waals surface area contributed by atoms with Crippen molar-refractivity contribution in [1.29, 1.82) is 5.26 Å². The molecule has 1 aliphatic rings. The second kappa shape index (κ2) is 5.45. The lowest BCUT2D eigenvalue weighted by Gasteiger charge is -2.28. The summed E-state index contributed by atoms with van der Waals surface area (Å²) in [5.74, 6) is 1.55. The average Bonchev–Trinajstić information content (AvgIpc) is 2.15. The smallest absolute Gasteiger partial charge is 0.0656 e. The lowest BCUT2D eigenvalue weighted by Crippen LogP contribution is -2.34. The van der Waals surface area contributed by atoms with Gasteiger partial charge in [-0.15, -0.1) is 0 Å². The molecule has 0 aromatic carbocycles. The summed E-state index contributed by atoms with van der Waals surface area (Å²) < 4.78 is 0. The molecular weight excluding hydrogens is 168 g/mol. The van der Waals surface area contributed by atoms with Gasteiger partial charge in [-0.25, -0.2) is 0 Å². The lowest BCUT2D eigenvalue weighted by atomic mass is 9.99. The average molecular weight is 184 g/mol. The van der Waals surface area contributed by atoms with Crippen molar-refractivity contribution in [1.82, 2.24) is 4.90 Å². The highest BCUT2D eigenvalue weighted by atomic mass is 32.2. The molecule has 0 N–H and O–H groups in total. The monoisotopic (exact) mass is 184 g/mol. The Bertz CT molecular complexity index is 156. The molecule has 3 heteroatoms. The van der Waals surface area contributed by atoms with Crippen LogP contribution in [0.1, 0.15) is 12.8 Å². The molecular formula is C9H16N2S. The van der Waals surface area contributed by atoms with Gasteiger partial charge in [0.2, 0.25) is 0 Å². The zero-order valence-electron chi connectivity index (χ0n) is 7.62. The minimum absolute atomic E-state index is 0.329. The number of hydrogen-bond donors (Lipinski definition) is 0. The van der Waals surface area contributed by atoms with Crippen LogP contribution in [0, 0.1) is 17.2 Å². The summed E-state index contributed by atoms with van der Waals surface area (Å²) in [4.78, 5) is 2.46. The predicted octanol–water partition coefficient (Wildman–Crippen LogP) is 1.58. The van der Waals surface area contributed by atoms with Crippen molar-refractivity contribution in [3.8, 4) is 6.07 Å². The van der Waals surface area contributed by atoms with Crippen LogP contribution < -0.4 is 0 Å². The maximum Gasteiger partial charge on any atom is 0.0656 e. The van der Waals surface area contributed by atoms with E-state index in [0.717, 1.165) is 25.9 Å². The highest BCUT2D eigenvalue weighted by Crippen LogP contribution is 2.15. The fourth-order valence-electron chi connectivity index (χ4n) is 1.51. The molecule has 0 atom stereocenters. The number of likely N-dealkylation sites (tertiary alicyclic amines) is 1. The molecule has 1 fully saturated rings. The SMILES string of the molecule is CSCCN1CCC(C#N)CC1. The van der Waals surface area contributed by atoms with Gasteiger partial charge in [0.15, 0.2) is 0 Å². The molecule has 68 valence electrons. The third-order valence-electron chi connectivity index (χ3n) is 2.38. The minimum atomic E-state index is 0.329. The minimum Gasteiger partial charge on any atom is -0.302 e. The lowest BCUT2D eigenvalue weighted by molar-refractivity contribution is 0.217. The van der Waals surface area contributed by atoms with Crippen LogP contribution in [-0.4, -0.2) is 36.5 Å². The Hall–Kier alpha value is -0.200. The number of nitriles is 1. The van der Waals surface area contributed by atoms with Gasteiger partial charge in [0.1, 0.15) is 0 Å². The van der Waals surface area contributed by atoms with Gasteiger partial charge >= 0.3 is 0 Å². The first kappa shape index (κ1) is 9.88. The summed E-state index contributed by atoms with van der Waals surface area (Å²) in [6.45, 7) is 3.44. The highest BCUT2D eigenvalue weighted by Gasteiger charge is 2.17. The number of rotatable bonds is 3. The van der Waals surface area contributed by atoms with Crippen molar-refractivity contribution in [2.45, 2.75) is 12.8 Å². The van der Waals surface area contributed by atoms with Gasteiger partial charge in [0.25, 0.3) is 0 Å². The summed E-state index contributed by atoms with van der Waals surface area (Å²) >= 11 is 1.90. The quantitative estimate of drug-likeness (QED) is 0.666. The van der Waals surface area contributed by atoms with Crippen molar-refractivity contribution >= 4 is 11.8 Å². The second-order valence-corrected chi connectivity index (χ2v) is 4.22. The number of nitrogens with zero attached hydrogens (tertiary/aromatic N) is 2. The molecule has 0 aromatic rings. The van der Waals surface area contributed by atoms with Gasteiger partial charge in [-0.1, -0.05) is 0 Å². The van der Waals surface area contributed by atoms with Crippen molar-refractivity contribution in [3.63, 3.8) is 0 Å². The number of thioether (sulfide) groups is 1. The maximum atomic E-state index is 8.68. The Morgan fingerprint density at radius 1 is 1.50 bits per heavy atom. The fraction of sp³-hybridized carbons (Fsp3) is 0.889. The Kier molecular flexibility index (Phi) is 4.49. The molecule has 0 aliphatic carbocycles. The van der Waals surface area contributed by atoms with E-state index in [2.05, 4.69) is 17.2 Å². The Balaban J connectivity index is 2.14. The van der Waals surface area contributed by atoms with E-state index >= 15 is 0 Å². The molecule has 0 amide bonds. The van der Waals surface area contributed by atoms with Crippen molar-refractivity contribution in [2.24, 2.45) is 5.92 Å². The van der Waals surface area contributed by atoms with Crippen LogP contribution in [0.25, 0.3) is 0 Å². The van der Waals surface area contributed by atoms with E-state index in [-0.39, 0.29) is 0 Å². The van der Waals surface area contributed by atoms with Crippen molar-refractivity contribution in [2.75, 3.05) is 31.6 Å². The first-order chi connectivity index (χ1) is 5.86. The Labute approximate surface area is 78.9 Å². The molecule has 2 nitrogen and oxygen atoms in total. The van der Waals surface area contributed by atoms with Gasteiger partial charge in [-0.2, -0.15) is 17.0 Å². The third-order valence-corrected chi connectivity index (χ3v) is 2.97. The molecule has 1 heterocycles. The summed E-state index contributed by atoms with van der Waals surface area (Å²) in [6.07, 6.45) is 4.29. The van der Waals surface area contributed by atoms with Crippen LogP contribution >= 0.6 is 11.8 Å². The van der Waals surface area contributed by atoms with Gasteiger partial charge in [-0.3, -0.25) is 0 Å². The van der Waals surface area contributed by atoms with E-state index in [9.17, 15) is 0 Å². The van der Waals surface area contributed by atoms with Crippen LogP contribution in [0.2, 0.25) is 0 Å². The third kappa shape index (κ3) is 3.04. The van der Waals surface area contributed by atoms with E-state index in [1.54, 1.807) is 0 Å². The second-order valence-electron chi connectivity index (χ2n) is 3.24. The van der Waals surface area contributed by atoms with Gasteiger partial charge < -0.3 is 4.90 Å². The standard InChI is InChI=1S/C9H16N2S/c1-12-7-6-11-4-2-9(8-10)3-5-11/h9H,2-7H2,1H3. The molecule has 1 aliphatic heterocycles. The molecule has 0 bridgehead atoms. The first-order valence-corrected chi connectivity index (χ1v) is 5.87. The van der Waals surface area contributed by atoms with E-state index in [4.69, 9.17) is 5.26 Å². The summed E-state index contributed by atoms with van der Waals surface area (Å²) in [6, 6.07) is 2.35. The van der Waals surface area contributed by atoms with Gasteiger partial charge in [-0.05, 0) is 32.2 Å². The fourth-order valence-corrected chi connectivity index (χ4v) is 1.95. The van der Waals surface area contributed by atoms with Crippen LogP contribution in [0.4, 0.5) is 0 Å². The molecule has 0 aromatic heterocycles. The summed E-state index contributed by atoms with van der Waals surface area (Å²) in [7, 11) is 0. The summed E-state index contributed by atoms with van der Waals surface area (Å²) in [5, 5.41) is 8.68. The Morgan fingerprint density at radius 2 is 2.17 bits per heavy atom. The van der Waals surface area contributed by atoms with Crippen LogP contribution in [0.15, 0.2) is 0 Å². The van der Waals surface area contributed by atoms with Crippen LogP contribution in [0.3, 0.4) is 0 Å². The molecule has 1 saturated heterocycles. The molecule has 0 saturated carbocycles. The zero-order valence-corrected chi connectivity index (χ0v) is 8.44. The number of piperidine rings is 1. The molecule has 12 heavy (non-hydrogen) atoms. The van der Waals surface area contributed by atoms with E-state index < -0.39 is 0 Å². The normalized spacial score (nSPS) is 20.7. The molecule has 0 unspecified atom stereocenters. The van der Waals surface area contributed by atoms with E-state index in [0.29, 0.717) is 5.92 Å². The topological polar surface area (TPSA) is 27.0 Å². The van der Waals surface area contributed by atoms with Crippen LogP contribution in [-0.2, 0) is 0 Å². The Morgan fingerprint density at radius 3 is 2.67 bits per heavy atom. The van der Waals surface area contributed by atoms with E-state index in [1.807, 2.05) is 11.8 Å². The number of hydrogen-bond acceptors (Lipinski definition) is 3. The first-order valence-electron chi connectivity index (χ1n) is 4.47. The van der Waals surface area contributed by atoms with Crippen molar-refractivity contribution in [3.05, 3.63) is 0 Å². The van der Waals surface area contributed by atoms with Crippen molar-refractivity contribution < 1.29 is 0 Å². The molecule has 0 spiro atoms. The largest absolute Gasteiger partial charge is 0.302 e. The molecule has 0 radical (unpaired) electrons. The van der Waals surface area contributed by atoms with E-state index in [1.165, 1.54) is 12.3 Å². The van der Waals surface area contributed by atoms with Crippen LogP contribution in [0.5, 0.6) is 0 Å². The van der Waals surface area contributed by atoms with Gasteiger partial charge in [0, 0.05) is 18.2 Å². The van der Waals surface area contributed by atoms with Gasteiger partial charge in [0.05, 0.1) is 6.07 Å². The highest BCUT2D eigenvalue weighted by molar-refractivity contribution is 7.98.